The van der Waals surface area contributed by atoms with E-state index in [1.807, 2.05) is 0 Å². The van der Waals surface area contributed by atoms with Crippen molar-refractivity contribution in [1.82, 2.24) is 4.98 Å². The summed E-state index contributed by atoms with van der Waals surface area (Å²) in [5.41, 5.74) is 0.0401. The average Bonchev–Trinajstić information content (AvgIpc) is 1.88. The summed E-state index contributed by atoms with van der Waals surface area (Å²) in [5.74, 6) is 0. The molecule has 3 nitrogen and oxygen atoms in total. The van der Waals surface area contributed by atoms with E-state index >= 15 is 0 Å². The van der Waals surface area contributed by atoms with Crippen LogP contribution in [0.4, 0.5) is 5.69 Å². The molecule has 0 N–H and O–H groups in total. The SMILES string of the molecule is O=Nc1c(Cl)cncc1Cl. The molecule has 1 rings (SSSR count). The molecule has 0 saturated carbocycles. The largest absolute Gasteiger partial charge is 0.261 e. The van der Waals surface area contributed by atoms with Crippen molar-refractivity contribution in [2.45, 2.75) is 0 Å². The monoisotopic (exact) mass is 176 g/mol. The van der Waals surface area contributed by atoms with Gasteiger partial charge in [-0.3, -0.25) is 4.98 Å². The minimum absolute atomic E-state index is 0.0401. The number of nitroso groups, excluding NO2 is 1. The Morgan fingerprint density at radius 1 is 1.30 bits per heavy atom. The third-order valence-electron chi connectivity index (χ3n) is 0.919. The van der Waals surface area contributed by atoms with Gasteiger partial charge in [0.05, 0.1) is 10.0 Å². The molecular formula is C5H2Cl2N2O. The topological polar surface area (TPSA) is 42.3 Å². The van der Waals surface area contributed by atoms with Gasteiger partial charge in [0.15, 0.2) is 0 Å². The molecule has 0 aliphatic carbocycles. The summed E-state index contributed by atoms with van der Waals surface area (Å²) in [5, 5.41) is 2.95. The zero-order chi connectivity index (χ0) is 7.56. The van der Waals surface area contributed by atoms with Gasteiger partial charge in [-0.2, -0.15) is 0 Å². The minimum atomic E-state index is 0.0401. The number of halogens is 2. The van der Waals surface area contributed by atoms with Gasteiger partial charge in [0.2, 0.25) is 0 Å². The van der Waals surface area contributed by atoms with Crippen LogP contribution in [-0.4, -0.2) is 4.98 Å². The van der Waals surface area contributed by atoms with Crippen LogP contribution in [-0.2, 0) is 0 Å². The first kappa shape index (κ1) is 7.44. The zero-order valence-electron chi connectivity index (χ0n) is 4.71. The lowest BCUT2D eigenvalue weighted by Crippen LogP contribution is -1.73. The first-order chi connectivity index (χ1) is 4.75. The highest BCUT2D eigenvalue weighted by atomic mass is 35.5. The first-order valence-electron chi connectivity index (χ1n) is 2.38. The van der Waals surface area contributed by atoms with Gasteiger partial charge in [-0.15, -0.1) is 4.91 Å². The van der Waals surface area contributed by atoms with Crippen LogP contribution in [0.15, 0.2) is 17.6 Å². The Morgan fingerprint density at radius 2 is 1.80 bits per heavy atom. The smallest absolute Gasteiger partial charge is 0.148 e. The fourth-order valence-corrected chi connectivity index (χ4v) is 0.925. The van der Waals surface area contributed by atoms with Crippen molar-refractivity contribution in [1.29, 1.82) is 0 Å². The molecule has 5 heteroatoms. The Labute approximate surface area is 67.0 Å². The molecule has 0 amide bonds. The van der Waals surface area contributed by atoms with Gasteiger partial charge in [0, 0.05) is 12.4 Å². The molecule has 0 fully saturated rings. The van der Waals surface area contributed by atoms with E-state index in [4.69, 9.17) is 23.2 Å². The van der Waals surface area contributed by atoms with Crippen LogP contribution < -0.4 is 0 Å². The number of rotatable bonds is 1. The molecule has 1 aromatic rings. The Bertz CT molecular complexity index is 244. The van der Waals surface area contributed by atoms with E-state index in [2.05, 4.69) is 10.2 Å². The molecule has 52 valence electrons. The highest BCUT2D eigenvalue weighted by Crippen LogP contribution is 2.30. The summed E-state index contributed by atoms with van der Waals surface area (Å²) in [6.07, 6.45) is 2.62. The molecule has 1 aromatic heterocycles. The molecule has 0 aliphatic rings. The average molecular weight is 177 g/mol. The maximum atomic E-state index is 10.0. The third kappa shape index (κ3) is 1.25. The summed E-state index contributed by atoms with van der Waals surface area (Å²) in [6.45, 7) is 0. The van der Waals surface area contributed by atoms with E-state index in [-0.39, 0.29) is 15.7 Å². The third-order valence-corrected chi connectivity index (χ3v) is 1.47. The van der Waals surface area contributed by atoms with Gasteiger partial charge in [0.1, 0.15) is 5.69 Å². The second-order valence-electron chi connectivity index (χ2n) is 1.54. The van der Waals surface area contributed by atoms with Crippen LogP contribution in [0.2, 0.25) is 10.0 Å². The lowest BCUT2D eigenvalue weighted by Gasteiger charge is -1.93. The highest BCUT2D eigenvalue weighted by Gasteiger charge is 2.04. The second-order valence-corrected chi connectivity index (χ2v) is 2.36. The molecule has 1 heterocycles. The number of pyridine rings is 1. The van der Waals surface area contributed by atoms with E-state index in [1.165, 1.54) is 12.4 Å². The quantitative estimate of drug-likeness (QED) is 0.618. The van der Waals surface area contributed by atoms with Crippen LogP contribution >= 0.6 is 23.2 Å². The molecule has 0 spiro atoms. The summed E-state index contributed by atoms with van der Waals surface area (Å²) >= 11 is 11.0. The summed E-state index contributed by atoms with van der Waals surface area (Å²) < 4.78 is 0. The van der Waals surface area contributed by atoms with Crippen molar-refractivity contribution in [2.75, 3.05) is 0 Å². The molecule has 0 saturated heterocycles. The molecule has 0 aliphatic heterocycles. The fraction of sp³-hybridized carbons (Fsp3) is 0. The molecular weight excluding hydrogens is 175 g/mol. The number of hydrogen-bond donors (Lipinski definition) is 0. The van der Waals surface area contributed by atoms with Crippen LogP contribution in [0.3, 0.4) is 0 Å². The zero-order valence-corrected chi connectivity index (χ0v) is 6.23. The van der Waals surface area contributed by atoms with Gasteiger partial charge in [0.25, 0.3) is 0 Å². The Kier molecular flexibility index (Phi) is 2.19. The fourth-order valence-electron chi connectivity index (χ4n) is 0.492. The predicted molar refractivity (Wildman–Crippen MR) is 39.7 cm³/mol. The van der Waals surface area contributed by atoms with Gasteiger partial charge in [-0.1, -0.05) is 23.2 Å². The van der Waals surface area contributed by atoms with Gasteiger partial charge >= 0.3 is 0 Å². The molecule has 0 bridgehead atoms. The van der Waals surface area contributed by atoms with Crippen LogP contribution in [0.1, 0.15) is 0 Å². The van der Waals surface area contributed by atoms with Crippen molar-refractivity contribution in [3.8, 4) is 0 Å². The standard InChI is InChI=1S/C5H2Cl2N2O/c6-3-1-8-2-4(7)5(3)9-10/h1-2H. The second kappa shape index (κ2) is 2.94. The van der Waals surface area contributed by atoms with Crippen molar-refractivity contribution < 1.29 is 0 Å². The lowest BCUT2D eigenvalue weighted by molar-refractivity contribution is 1.31. The highest BCUT2D eigenvalue weighted by molar-refractivity contribution is 6.38. The van der Waals surface area contributed by atoms with Crippen LogP contribution in [0, 0.1) is 4.91 Å². The predicted octanol–water partition coefficient (Wildman–Crippen LogP) is 2.79. The summed E-state index contributed by atoms with van der Waals surface area (Å²) in [6, 6.07) is 0. The van der Waals surface area contributed by atoms with Crippen LogP contribution in [0.25, 0.3) is 0 Å². The maximum absolute atomic E-state index is 10.0. The number of hydrogen-bond acceptors (Lipinski definition) is 3. The molecule has 0 unspecified atom stereocenters. The lowest BCUT2D eigenvalue weighted by atomic mass is 10.4. The number of nitrogens with zero attached hydrogens (tertiary/aromatic N) is 2. The van der Waals surface area contributed by atoms with E-state index < -0.39 is 0 Å². The van der Waals surface area contributed by atoms with E-state index in [0.29, 0.717) is 0 Å². The summed E-state index contributed by atoms with van der Waals surface area (Å²) in [4.78, 5) is 13.6. The maximum Gasteiger partial charge on any atom is 0.148 e. The molecule has 0 aromatic carbocycles. The van der Waals surface area contributed by atoms with Crippen molar-refractivity contribution in [3.63, 3.8) is 0 Å². The van der Waals surface area contributed by atoms with E-state index in [1.54, 1.807) is 0 Å². The van der Waals surface area contributed by atoms with Gasteiger partial charge < -0.3 is 0 Å². The van der Waals surface area contributed by atoms with E-state index in [9.17, 15) is 4.91 Å². The van der Waals surface area contributed by atoms with Gasteiger partial charge in [-0.25, -0.2) is 0 Å². The van der Waals surface area contributed by atoms with Crippen LogP contribution in [0.5, 0.6) is 0 Å². The normalized spacial score (nSPS) is 9.40. The molecule has 0 radical (unpaired) electrons. The summed E-state index contributed by atoms with van der Waals surface area (Å²) in [7, 11) is 0. The Balaban J connectivity index is 3.30. The Morgan fingerprint density at radius 3 is 2.10 bits per heavy atom. The van der Waals surface area contributed by atoms with E-state index in [0.717, 1.165) is 0 Å². The Hall–Kier alpha value is -0.670. The van der Waals surface area contributed by atoms with Crippen molar-refractivity contribution >= 4 is 28.9 Å². The molecule has 10 heavy (non-hydrogen) atoms. The minimum Gasteiger partial charge on any atom is -0.261 e. The number of aromatic nitrogens is 1. The van der Waals surface area contributed by atoms with Crippen molar-refractivity contribution in [2.24, 2.45) is 5.18 Å². The first-order valence-corrected chi connectivity index (χ1v) is 3.13. The molecule has 0 atom stereocenters. The van der Waals surface area contributed by atoms with Gasteiger partial charge in [-0.05, 0) is 5.18 Å². The van der Waals surface area contributed by atoms with Crippen molar-refractivity contribution in [3.05, 3.63) is 27.3 Å².